The molecule has 0 atom stereocenters. The van der Waals surface area contributed by atoms with Crippen LogP contribution in [-0.2, 0) is 10.2 Å². The highest BCUT2D eigenvalue weighted by molar-refractivity contribution is 5.37. The van der Waals surface area contributed by atoms with Crippen molar-refractivity contribution in [2.45, 2.75) is 44.9 Å². The first-order valence-corrected chi connectivity index (χ1v) is 8.04. The summed E-state index contributed by atoms with van der Waals surface area (Å²) in [6.45, 7) is 8.57. The average molecular weight is 273 g/mol. The van der Waals surface area contributed by atoms with Crippen LogP contribution >= 0.6 is 0 Å². The molecule has 2 fully saturated rings. The molecule has 2 aliphatic rings. The van der Waals surface area contributed by atoms with Gasteiger partial charge in [0.15, 0.2) is 0 Å². The first-order chi connectivity index (χ1) is 9.70. The molecule has 0 amide bonds. The van der Waals surface area contributed by atoms with Gasteiger partial charge in [0.25, 0.3) is 0 Å². The highest BCUT2D eigenvalue weighted by atomic mass is 16.5. The van der Waals surface area contributed by atoms with Crippen LogP contribution < -0.4 is 5.32 Å². The van der Waals surface area contributed by atoms with Crippen molar-refractivity contribution < 1.29 is 4.74 Å². The minimum Gasteiger partial charge on any atom is -0.381 e. The van der Waals surface area contributed by atoms with E-state index in [4.69, 9.17) is 4.74 Å². The van der Waals surface area contributed by atoms with Gasteiger partial charge in [0.1, 0.15) is 0 Å². The largest absolute Gasteiger partial charge is 0.381 e. The lowest BCUT2D eigenvalue weighted by molar-refractivity contribution is -0.0737. The van der Waals surface area contributed by atoms with Crippen molar-refractivity contribution in [3.05, 3.63) is 35.4 Å². The van der Waals surface area contributed by atoms with Crippen LogP contribution in [0.4, 0.5) is 0 Å². The molecular weight excluding hydrogens is 246 g/mol. The summed E-state index contributed by atoms with van der Waals surface area (Å²) < 4.78 is 5.56. The molecule has 20 heavy (non-hydrogen) atoms. The predicted octanol–water partition coefficient (Wildman–Crippen LogP) is 3.43. The summed E-state index contributed by atoms with van der Waals surface area (Å²) in [4.78, 5) is 0. The molecular formula is C18H27NO. The van der Waals surface area contributed by atoms with Crippen LogP contribution in [0, 0.1) is 12.3 Å². The van der Waals surface area contributed by atoms with E-state index in [1.54, 1.807) is 5.56 Å². The molecule has 2 heteroatoms. The Morgan fingerprint density at radius 3 is 2.50 bits per heavy atom. The number of nitrogens with one attached hydrogen (secondary N) is 1. The van der Waals surface area contributed by atoms with Gasteiger partial charge in [-0.05, 0) is 55.7 Å². The quantitative estimate of drug-likeness (QED) is 0.907. The smallest absolute Gasteiger partial charge is 0.0471 e. The van der Waals surface area contributed by atoms with Crippen molar-refractivity contribution in [1.29, 1.82) is 0 Å². The van der Waals surface area contributed by atoms with Gasteiger partial charge in [-0.3, -0.25) is 0 Å². The first-order valence-electron chi connectivity index (χ1n) is 8.04. The van der Waals surface area contributed by atoms with Gasteiger partial charge in [0.2, 0.25) is 0 Å². The van der Waals surface area contributed by atoms with Crippen LogP contribution in [0.5, 0.6) is 0 Å². The fourth-order valence-corrected chi connectivity index (χ4v) is 4.48. The van der Waals surface area contributed by atoms with Gasteiger partial charge in [-0.2, -0.15) is 0 Å². The van der Waals surface area contributed by atoms with Crippen LogP contribution in [0.2, 0.25) is 0 Å². The van der Waals surface area contributed by atoms with E-state index in [1.165, 1.54) is 31.2 Å². The van der Waals surface area contributed by atoms with Crippen molar-refractivity contribution >= 4 is 0 Å². The molecule has 1 heterocycles. The zero-order chi connectivity index (χ0) is 14.1. The van der Waals surface area contributed by atoms with Gasteiger partial charge in [-0.15, -0.1) is 0 Å². The molecule has 110 valence electrons. The molecule has 1 aromatic rings. The Hall–Kier alpha value is -0.860. The molecule has 0 radical (unpaired) electrons. The first kappa shape index (κ1) is 14.1. The third-order valence-corrected chi connectivity index (χ3v) is 5.41. The van der Waals surface area contributed by atoms with Gasteiger partial charge in [0, 0.05) is 25.2 Å². The van der Waals surface area contributed by atoms with E-state index in [0.717, 1.165) is 26.3 Å². The second-order valence-electron chi connectivity index (χ2n) is 6.84. The lowest BCUT2D eigenvalue weighted by atomic mass is 9.47. The monoisotopic (exact) mass is 273 g/mol. The van der Waals surface area contributed by atoms with Crippen molar-refractivity contribution in [3.63, 3.8) is 0 Å². The molecule has 0 bridgehead atoms. The van der Waals surface area contributed by atoms with Crippen molar-refractivity contribution in [1.82, 2.24) is 5.32 Å². The number of hydrogen-bond donors (Lipinski definition) is 1. The van der Waals surface area contributed by atoms with Crippen molar-refractivity contribution in [3.8, 4) is 0 Å². The Labute approximate surface area is 122 Å². The summed E-state index contributed by atoms with van der Waals surface area (Å²) in [6, 6.07) is 8.96. The Balaban J connectivity index is 1.83. The minimum atomic E-state index is 0.360. The van der Waals surface area contributed by atoms with Crippen LogP contribution in [0.3, 0.4) is 0 Å². The molecule has 3 rings (SSSR count). The molecule has 1 saturated heterocycles. The number of ether oxygens (including phenoxy) is 1. The second-order valence-corrected chi connectivity index (χ2v) is 6.84. The molecule has 0 unspecified atom stereocenters. The summed E-state index contributed by atoms with van der Waals surface area (Å²) in [6.07, 6.45) is 5.18. The Morgan fingerprint density at radius 2 is 1.85 bits per heavy atom. The predicted molar refractivity (Wildman–Crippen MR) is 83.1 cm³/mol. The lowest BCUT2D eigenvalue weighted by Gasteiger charge is -2.59. The summed E-state index contributed by atoms with van der Waals surface area (Å²) in [5.41, 5.74) is 3.94. The number of likely N-dealkylation sites (N-methyl/N-ethyl adjacent to an activating group) is 1. The van der Waals surface area contributed by atoms with Crippen LogP contribution in [0.25, 0.3) is 0 Å². The third-order valence-electron chi connectivity index (χ3n) is 5.41. The SMILES string of the molecule is CCNCC1(c2ccccc2C)CC2(CCOCC2)C1. The zero-order valence-electron chi connectivity index (χ0n) is 12.9. The fourth-order valence-electron chi connectivity index (χ4n) is 4.48. The van der Waals surface area contributed by atoms with E-state index in [9.17, 15) is 0 Å². The normalized spacial score (nSPS) is 23.5. The number of aryl methyl sites for hydroxylation is 1. The molecule has 1 N–H and O–H groups in total. The molecule has 1 saturated carbocycles. The van der Waals surface area contributed by atoms with Gasteiger partial charge >= 0.3 is 0 Å². The minimum absolute atomic E-state index is 0.360. The molecule has 0 aromatic heterocycles. The van der Waals surface area contributed by atoms with E-state index in [-0.39, 0.29) is 0 Å². The van der Waals surface area contributed by atoms with Crippen molar-refractivity contribution in [2.75, 3.05) is 26.3 Å². The molecule has 1 aliphatic carbocycles. The van der Waals surface area contributed by atoms with Crippen molar-refractivity contribution in [2.24, 2.45) is 5.41 Å². The van der Waals surface area contributed by atoms with Crippen LogP contribution in [0.1, 0.15) is 43.7 Å². The highest BCUT2D eigenvalue weighted by Crippen LogP contribution is 2.60. The topological polar surface area (TPSA) is 21.3 Å². The van der Waals surface area contributed by atoms with Crippen LogP contribution in [0.15, 0.2) is 24.3 Å². The number of rotatable bonds is 4. The van der Waals surface area contributed by atoms with E-state index in [2.05, 4.69) is 43.4 Å². The maximum atomic E-state index is 5.56. The third kappa shape index (κ3) is 2.40. The number of benzene rings is 1. The molecule has 1 aliphatic heterocycles. The Bertz CT molecular complexity index is 454. The van der Waals surface area contributed by atoms with E-state index < -0.39 is 0 Å². The maximum Gasteiger partial charge on any atom is 0.0471 e. The van der Waals surface area contributed by atoms with Gasteiger partial charge in [-0.25, -0.2) is 0 Å². The van der Waals surface area contributed by atoms with Gasteiger partial charge in [-0.1, -0.05) is 31.2 Å². The van der Waals surface area contributed by atoms with Gasteiger partial charge in [0.05, 0.1) is 0 Å². The summed E-state index contributed by atoms with van der Waals surface area (Å²) in [7, 11) is 0. The fraction of sp³-hybridized carbons (Fsp3) is 0.667. The lowest BCUT2D eigenvalue weighted by Crippen LogP contribution is -2.56. The maximum absolute atomic E-state index is 5.56. The van der Waals surface area contributed by atoms with Gasteiger partial charge < -0.3 is 10.1 Å². The summed E-state index contributed by atoms with van der Waals surface area (Å²) in [5.74, 6) is 0. The second kappa shape index (κ2) is 5.50. The summed E-state index contributed by atoms with van der Waals surface area (Å²) >= 11 is 0. The van der Waals surface area contributed by atoms with E-state index >= 15 is 0 Å². The molecule has 1 spiro atoms. The Morgan fingerprint density at radius 1 is 1.15 bits per heavy atom. The molecule has 2 nitrogen and oxygen atoms in total. The number of hydrogen-bond acceptors (Lipinski definition) is 2. The van der Waals surface area contributed by atoms with E-state index in [1.807, 2.05) is 0 Å². The summed E-state index contributed by atoms with van der Waals surface area (Å²) in [5, 5.41) is 3.61. The van der Waals surface area contributed by atoms with E-state index in [0.29, 0.717) is 10.8 Å². The molecule has 1 aromatic carbocycles. The zero-order valence-corrected chi connectivity index (χ0v) is 12.9. The standard InChI is InChI=1S/C18H27NO/c1-3-19-14-18(16-7-5-4-6-15(16)2)12-17(13-18)8-10-20-11-9-17/h4-7,19H,3,8-14H2,1-2H3. The van der Waals surface area contributed by atoms with Crippen LogP contribution in [-0.4, -0.2) is 26.3 Å². The Kier molecular flexibility index (Phi) is 3.87. The average Bonchev–Trinajstić information content (AvgIpc) is 2.44. The highest BCUT2D eigenvalue weighted by Gasteiger charge is 2.55.